The molecule has 1 heterocycles. The van der Waals surface area contributed by atoms with Crippen molar-refractivity contribution in [1.82, 2.24) is 5.32 Å². The molecule has 2 rings (SSSR count). The van der Waals surface area contributed by atoms with Gasteiger partial charge in [-0.2, -0.15) is 0 Å². The van der Waals surface area contributed by atoms with Crippen LogP contribution in [0.1, 0.15) is 38.2 Å². The highest BCUT2D eigenvalue weighted by molar-refractivity contribution is 5.39. The van der Waals surface area contributed by atoms with Crippen LogP contribution in [0.4, 0.5) is 0 Å². The molecule has 2 unspecified atom stereocenters. The van der Waals surface area contributed by atoms with Gasteiger partial charge in [-0.3, -0.25) is 0 Å². The molecule has 0 bridgehead atoms. The van der Waals surface area contributed by atoms with E-state index >= 15 is 0 Å². The Labute approximate surface area is 104 Å². The fourth-order valence-electron chi connectivity index (χ4n) is 2.52. The molecular formula is C15H23NO. The van der Waals surface area contributed by atoms with E-state index in [1.165, 1.54) is 18.4 Å². The van der Waals surface area contributed by atoms with Crippen LogP contribution in [0.15, 0.2) is 24.3 Å². The molecule has 1 aromatic carbocycles. The Kier molecular flexibility index (Phi) is 4.43. The van der Waals surface area contributed by atoms with Crippen molar-refractivity contribution < 1.29 is 4.74 Å². The fourth-order valence-corrected chi connectivity index (χ4v) is 2.52. The predicted molar refractivity (Wildman–Crippen MR) is 71.6 cm³/mol. The van der Waals surface area contributed by atoms with Gasteiger partial charge in [0.1, 0.15) is 5.75 Å². The Morgan fingerprint density at radius 1 is 1.41 bits per heavy atom. The highest BCUT2D eigenvalue weighted by Gasteiger charge is 2.24. The molecule has 0 aromatic heterocycles. The lowest BCUT2D eigenvalue weighted by atomic mass is 9.91. The zero-order valence-electron chi connectivity index (χ0n) is 10.9. The third kappa shape index (κ3) is 3.22. The molecule has 94 valence electrons. The summed E-state index contributed by atoms with van der Waals surface area (Å²) in [5, 5.41) is 3.49. The molecule has 2 heteroatoms. The van der Waals surface area contributed by atoms with Crippen LogP contribution >= 0.6 is 0 Å². The van der Waals surface area contributed by atoms with Crippen molar-refractivity contribution in [2.75, 3.05) is 19.7 Å². The second-order valence-electron chi connectivity index (χ2n) is 5.09. The number of ether oxygens (including phenoxy) is 1. The molecule has 0 saturated heterocycles. The van der Waals surface area contributed by atoms with Crippen LogP contribution in [-0.4, -0.2) is 19.7 Å². The number of para-hydroxylation sites is 1. The molecule has 0 fully saturated rings. The Morgan fingerprint density at radius 3 is 3.06 bits per heavy atom. The summed E-state index contributed by atoms with van der Waals surface area (Å²) in [7, 11) is 0. The van der Waals surface area contributed by atoms with Crippen LogP contribution in [0.5, 0.6) is 5.75 Å². The molecule has 1 aliphatic rings. The first-order valence-electron chi connectivity index (χ1n) is 6.73. The third-order valence-corrected chi connectivity index (χ3v) is 3.41. The first-order chi connectivity index (χ1) is 8.31. The number of rotatable bonds is 6. The smallest absolute Gasteiger partial charge is 0.122 e. The summed E-state index contributed by atoms with van der Waals surface area (Å²) in [4.78, 5) is 0. The normalized spacial score (nSPS) is 19.8. The lowest BCUT2D eigenvalue weighted by Gasteiger charge is -2.16. The van der Waals surface area contributed by atoms with Gasteiger partial charge < -0.3 is 10.1 Å². The van der Waals surface area contributed by atoms with Gasteiger partial charge in [0, 0.05) is 11.5 Å². The molecular weight excluding hydrogens is 210 g/mol. The topological polar surface area (TPSA) is 21.3 Å². The molecule has 2 atom stereocenters. The molecule has 2 nitrogen and oxygen atoms in total. The van der Waals surface area contributed by atoms with Crippen molar-refractivity contribution in [3.8, 4) is 5.75 Å². The molecule has 0 amide bonds. The average molecular weight is 233 g/mol. The summed E-state index contributed by atoms with van der Waals surface area (Å²) in [5.41, 5.74) is 1.40. The quantitative estimate of drug-likeness (QED) is 0.762. The Hall–Kier alpha value is -1.02. The number of nitrogens with one attached hydrogen (secondary N) is 1. The summed E-state index contributed by atoms with van der Waals surface area (Å²) >= 11 is 0. The summed E-state index contributed by atoms with van der Waals surface area (Å²) in [5.74, 6) is 2.39. The van der Waals surface area contributed by atoms with Gasteiger partial charge >= 0.3 is 0 Å². The summed E-state index contributed by atoms with van der Waals surface area (Å²) in [6, 6.07) is 8.45. The zero-order chi connectivity index (χ0) is 12.1. The fraction of sp³-hybridized carbons (Fsp3) is 0.600. The average Bonchev–Trinajstić information content (AvgIpc) is 2.73. The van der Waals surface area contributed by atoms with Gasteiger partial charge in [0.05, 0.1) is 6.61 Å². The Balaban J connectivity index is 1.84. The van der Waals surface area contributed by atoms with E-state index in [4.69, 9.17) is 4.74 Å². The second-order valence-corrected chi connectivity index (χ2v) is 5.09. The van der Waals surface area contributed by atoms with Gasteiger partial charge in [0.2, 0.25) is 0 Å². The maximum absolute atomic E-state index is 5.72. The number of hydrogen-bond donors (Lipinski definition) is 1. The Bertz CT molecular complexity index is 351. The van der Waals surface area contributed by atoms with Gasteiger partial charge in [-0.15, -0.1) is 0 Å². The van der Waals surface area contributed by atoms with Gasteiger partial charge in [-0.25, -0.2) is 0 Å². The SMILES string of the molecule is CCCNCC(C)CC1COc2ccccc21. The van der Waals surface area contributed by atoms with Crippen molar-refractivity contribution in [2.24, 2.45) is 5.92 Å². The van der Waals surface area contributed by atoms with Crippen LogP contribution in [0.3, 0.4) is 0 Å². The van der Waals surface area contributed by atoms with Crippen LogP contribution in [-0.2, 0) is 0 Å². The van der Waals surface area contributed by atoms with E-state index in [0.29, 0.717) is 11.8 Å². The van der Waals surface area contributed by atoms with Crippen LogP contribution in [0.2, 0.25) is 0 Å². The second kappa shape index (κ2) is 6.06. The maximum atomic E-state index is 5.72. The van der Waals surface area contributed by atoms with E-state index in [1.807, 2.05) is 6.07 Å². The van der Waals surface area contributed by atoms with Gasteiger partial charge in [0.25, 0.3) is 0 Å². The van der Waals surface area contributed by atoms with E-state index < -0.39 is 0 Å². The van der Waals surface area contributed by atoms with Crippen LogP contribution in [0, 0.1) is 5.92 Å². The van der Waals surface area contributed by atoms with Gasteiger partial charge in [0.15, 0.2) is 0 Å². The Morgan fingerprint density at radius 2 is 2.24 bits per heavy atom. The zero-order valence-corrected chi connectivity index (χ0v) is 10.9. The lowest BCUT2D eigenvalue weighted by Crippen LogP contribution is -2.23. The number of fused-ring (bicyclic) bond motifs is 1. The van der Waals surface area contributed by atoms with Gasteiger partial charge in [-0.05, 0) is 37.9 Å². The predicted octanol–water partition coefficient (Wildman–Crippen LogP) is 3.19. The number of hydrogen-bond acceptors (Lipinski definition) is 2. The van der Waals surface area contributed by atoms with Crippen LogP contribution in [0.25, 0.3) is 0 Å². The maximum Gasteiger partial charge on any atom is 0.122 e. The molecule has 1 N–H and O–H groups in total. The third-order valence-electron chi connectivity index (χ3n) is 3.41. The molecule has 0 saturated carbocycles. The monoisotopic (exact) mass is 233 g/mol. The molecule has 1 aromatic rings. The van der Waals surface area contributed by atoms with E-state index in [-0.39, 0.29) is 0 Å². The standard InChI is InChI=1S/C15H23NO/c1-3-8-16-10-12(2)9-13-11-17-15-7-5-4-6-14(13)15/h4-7,12-13,16H,3,8-11H2,1-2H3. The minimum Gasteiger partial charge on any atom is -0.493 e. The van der Waals surface area contributed by atoms with E-state index in [1.54, 1.807) is 0 Å². The highest BCUT2D eigenvalue weighted by atomic mass is 16.5. The first kappa shape index (κ1) is 12.4. The molecule has 0 aliphatic carbocycles. The lowest BCUT2D eigenvalue weighted by molar-refractivity contribution is 0.308. The number of benzene rings is 1. The largest absolute Gasteiger partial charge is 0.493 e. The molecule has 0 radical (unpaired) electrons. The molecule has 17 heavy (non-hydrogen) atoms. The molecule has 1 aliphatic heterocycles. The van der Waals surface area contributed by atoms with Crippen LogP contribution < -0.4 is 10.1 Å². The molecule has 0 spiro atoms. The van der Waals surface area contributed by atoms with Crippen molar-refractivity contribution >= 4 is 0 Å². The van der Waals surface area contributed by atoms with Gasteiger partial charge in [-0.1, -0.05) is 32.0 Å². The van der Waals surface area contributed by atoms with E-state index in [9.17, 15) is 0 Å². The first-order valence-corrected chi connectivity index (χ1v) is 6.73. The van der Waals surface area contributed by atoms with Crippen molar-refractivity contribution in [2.45, 2.75) is 32.6 Å². The summed E-state index contributed by atoms with van der Waals surface area (Å²) < 4.78 is 5.72. The van der Waals surface area contributed by atoms with E-state index in [2.05, 4.69) is 37.4 Å². The van der Waals surface area contributed by atoms with E-state index in [0.717, 1.165) is 25.4 Å². The summed E-state index contributed by atoms with van der Waals surface area (Å²) in [6.07, 6.45) is 2.43. The minimum atomic E-state index is 0.588. The van der Waals surface area contributed by atoms with Crippen molar-refractivity contribution in [1.29, 1.82) is 0 Å². The minimum absolute atomic E-state index is 0.588. The van der Waals surface area contributed by atoms with Crippen molar-refractivity contribution in [3.05, 3.63) is 29.8 Å². The van der Waals surface area contributed by atoms with Crippen molar-refractivity contribution in [3.63, 3.8) is 0 Å². The highest BCUT2D eigenvalue weighted by Crippen LogP contribution is 2.36. The summed E-state index contributed by atoms with van der Waals surface area (Å²) in [6.45, 7) is 7.63.